The number of anilines is 1. The summed E-state index contributed by atoms with van der Waals surface area (Å²) in [6.07, 6.45) is 0.630. The van der Waals surface area contributed by atoms with Crippen molar-refractivity contribution < 1.29 is 19.4 Å². The second-order valence-electron chi connectivity index (χ2n) is 6.10. The van der Waals surface area contributed by atoms with Gasteiger partial charge >= 0.3 is 5.97 Å². The number of halogens is 1. The number of methoxy groups -OCH3 is 1. The molecule has 9 heteroatoms. The Hall–Kier alpha value is -3.26. The quantitative estimate of drug-likeness (QED) is 0.498. The Morgan fingerprint density at radius 2 is 2.04 bits per heavy atom. The number of rotatable bonds is 6. The van der Waals surface area contributed by atoms with Crippen molar-refractivity contribution in [3.05, 3.63) is 52.2 Å². The SMILES string of the molecule is CCc1[nH]c(C(=O)Nc2ccc(-c3cc(C(=O)O)c(C)[nH]3)cc2OC)nc1Cl. The number of H-pyrrole nitrogens is 2. The van der Waals surface area contributed by atoms with Gasteiger partial charge < -0.3 is 25.1 Å². The molecule has 0 aliphatic carbocycles. The number of ether oxygens (including phenoxy) is 1. The van der Waals surface area contributed by atoms with E-state index < -0.39 is 11.9 Å². The molecule has 146 valence electrons. The topological polar surface area (TPSA) is 120 Å². The summed E-state index contributed by atoms with van der Waals surface area (Å²) < 4.78 is 5.38. The molecule has 3 rings (SSSR count). The number of amides is 1. The van der Waals surface area contributed by atoms with Gasteiger partial charge in [-0.3, -0.25) is 4.79 Å². The minimum atomic E-state index is -1.00. The van der Waals surface area contributed by atoms with Crippen molar-refractivity contribution in [2.75, 3.05) is 12.4 Å². The Kier molecular flexibility index (Phi) is 5.41. The van der Waals surface area contributed by atoms with Gasteiger partial charge in [0, 0.05) is 17.0 Å². The smallest absolute Gasteiger partial charge is 0.337 e. The number of carboxylic acids is 1. The number of aromatic nitrogens is 3. The summed E-state index contributed by atoms with van der Waals surface area (Å²) in [4.78, 5) is 33.6. The average Bonchev–Trinajstić information content (AvgIpc) is 3.24. The molecule has 3 aromatic rings. The number of imidazole rings is 1. The molecule has 0 saturated carbocycles. The second kappa shape index (κ2) is 7.77. The van der Waals surface area contributed by atoms with Crippen molar-refractivity contribution in [3.63, 3.8) is 0 Å². The van der Waals surface area contributed by atoms with E-state index in [0.29, 0.717) is 34.9 Å². The standard InChI is InChI=1S/C19H19ClN4O4/c1-4-12-16(20)24-17(22-12)18(25)23-13-6-5-10(7-15(13)28-3)14-8-11(19(26)27)9(2)21-14/h5-8,21H,4H2,1-3H3,(H,22,24)(H,23,25)(H,26,27). The Bertz CT molecular complexity index is 1050. The molecule has 0 unspecified atom stereocenters. The van der Waals surface area contributed by atoms with Gasteiger partial charge in [-0.1, -0.05) is 24.6 Å². The number of benzene rings is 1. The van der Waals surface area contributed by atoms with Crippen molar-refractivity contribution in [2.24, 2.45) is 0 Å². The lowest BCUT2D eigenvalue weighted by Crippen LogP contribution is -2.14. The summed E-state index contributed by atoms with van der Waals surface area (Å²) >= 11 is 5.98. The molecule has 4 N–H and O–H groups in total. The zero-order chi connectivity index (χ0) is 20.4. The van der Waals surface area contributed by atoms with Gasteiger partial charge in [-0.15, -0.1) is 0 Å². The molecule has 0 fully saturated rings. The van der Waals surface area contributed by atoms with E-state index in [2.05, 4.69) is 20.3 Å². The number of carbonyl (C=O) groups is 2. The van der Waals surface area contributed by atoms with E-state index in [9.17, 15) is 14.7 Å². The number of carboxylic acid groups (broad SMARTS) is 1. The molecule has 8 nitrogen and oxygen atoms in total. The van der Waals surface area contributed by atoms with Crippen LogP contribution in [0.4, 0.5) is 5.69 Å². The molecule has 0 saturated heterocycles. The van der Waals surface area contributed by atoms with Gasteiger partial charge in [0.2, 0.25) is 0 Å². The highest BCUT2D eigenvalue weighted by molar-refractivity contribution is 6.30. The van der Waals surface area contributed by atoms with Gasteiger partial charge in [0.15, 0.2) is 11.0 Å². The van der Waals surface area contributed by atoms with E-state index in [1.165, 1.54) is 7.11 Å². The van der Waals surface area contributed by atoms with Crippen LogP contribution >= 0.6 is 11.6 Å². The summed E-state index contributed by atoms with van der Waals surface area (Å²) in [5, 5.41) is 12.2. The highest BCUT2D eigenvalue weighted by atomic mass is 35.5. The van der Waals surface area contributed by atoms with Gasteiger partial charge in [-0.2, -0.15) is 0 Å². The highest BCUT2D eigenvalue weighted by Crippen LogP contribution is 2.31. The van der Waals surface area contributed by atoms with Crippen LogP contribution in [0.15, 0.2) is 24.3 Å². The number of nitrogens with one attached hydrogen (secondary N) is 3. The van der Waals surface area contributed by atoms with Crippen LogP contribution in [-0.2, 0) is 6.42 Å². The first kappa shape index (κ1) is 19.5. The van der Waals surface area contributed by atoms with Crippen LogP contribution in [0.3, 0.4) is 0 Å². The number of hydrogen-bond donors (Lipinski definition) is 4. The molecule has 2 aromatic heterocycles. The zero-order valence-corrected chi connectivity index (χ0v) is 16.3. The predicted molar refractivity (Wildman–Crippen MR) is 105 cm³/mol. The Balaban J connectivity index is 1.88. The molecule has 0 atom stereocenters. The predicted octanol–water partition coefficient (Wildman–Crippen LogP) is 3.89. The fourth-order valence-electron chi connectivity index (χ4n) is 2.81. The molecule has 0 aliphatic rings. The van der Waals surface area contributed by atoms with Crippen LogP contribution in [-0.4, -0.2) is 39.0 Å². The average molecular weight is 403 g/mol. The molecular weight excluding hydrogens is 384 g/mol. The maximum atomic E-state index is 12.5. The zero-order valence-electron chi connectivity index (χ0n) is 15.5. The number of nitrogens with zero attached hydrogens (tertiary/aromatic N) is 1. The lowest BCUT2D eigenvalue weighted by atomic mass is 10.1. The van der Waals surface area contributed by atoms with Crippen molar-refractivity contribution >= 4 is 29.2 Å². The van der Waals surface area contributed by atoms with Gasteiger partial charge in [0.1, 0.15) is 5.75 Å². The van der Waals surface area contributed by atoms with Gasteiger partial charge in [0.05, 0.1) is 24.1 Å². The van der Waals surface area contributed by atoms with Crippen molar-refractivity contribution in [2.45, 2.75) is 20.3 Å². The fraction of sp³-hybridized carbons (Fsp3) is 0.211. The number of carbonyl (C=O) groups excluding carboxylic acids is 1. The van der Waals surface area contributed by atoms with Crippen LogP contribution in [0, 0.1) is 6.92 Å². The largest absolute Gasteiger partial charge is 0.495 e. The van der Waals surface area contributed by atoms with Gasteiger partial charge in [-0.05, 0) is 31.5 Å². The maximum Gasteiger partial charge on any atom is 0.337 e. The maximum absolute atomic E-state index is 12.5. The van der Waals surface area contributed by atoms with Crippen LogP contribution in [0.5, 0.6) is 5.75 Å². The van der Waals surface area contributed by atoms with E-state index in [0.717, 1.165) is 5.56 Å². The summed E-state index contributed by atoms with van der Waals surface area (Å²) in [7, 11) is 1.48. The first-order valence-electron chi connectivity index (χ1n) is 8.51. The number of aryl methyl sites for hydroxylation is 2. The molecule has 2 heterocycles. The van der Waals surface area contributed by atoms with Crippen LogP contribution in [0.1, 0.15) is 39.3 Å². The third-order valence-corrected chi connectivity index (χ3v) is 4.62. The second-order valence-corrected chi connectivity index (χ2v) is 6.46. The van der Waals surface area contributed by atoms with E-state index in [1.54, 1.807) is 31.2 Å². The Labute approximate surface area is 165 Å². The molecule has 0 bridgehead atoms. The number of aromatic amines is 2. The van der Waals surface area contributed by atoms with Crippen molar-refractivity contribution in [3.8, 4) is 17.0 Å². The normalized spacial score (nSPS) is 10.7. The van der Waals surface area contributed by atoms with Gasteiger partial charge in [0.25, 0.3) is 5.91 Å². The molecular formula is C19H19ClN4O4. The minimum absolute atomic E-state index is 0.110. The van der Waals surface area contributed by atoms with Crippen molar-refractivity contribution in [1.82, 2.24) is 15.0 Å². The van der Waals surface area contributed by atoms with Crippen LogP contribution in [0.2, 0.25) is 5.15 Å². The Morgan fingerprint density at radius 3 is 2.61 bits per heavy atom. The molecule has 0 spiro atoms. The summed E-state index contributed by atoms with van der Waals surface area (Å²) in [5.74, 6) is -0.918. The van der Waals surface area contributed by atoms with Crippen LogP contribution in [0.25, 0.3) is 11.3 Å². The number of hydrogen-bond acceptors (Lipinski definition) is 4. The molecule has 1 amide bonds. The third kappa shape index (κ3) is 3.72. The van der Waals surface area contributed by atoms with Crippen molar-refractivity contribution in [1.29, 1.82) is 0 Å². The highest BCUT2D eigenvalue weighted by Gasteiger charge is 2.17. The van der Waals surface area contributed by atoms with E-state index >= 15 is 0 Å². The molecule has 0 radical (unpaired) electrons. The summed E-state index contributed by atoms with van der Waals surface area (Å²) in [6.45, 7) is 3.60. The lowest BCUT2D eigenvalue weighted by molar-refractivity contribution is 0.0696. The first-order chi connectivity index (χ1) is 13.3. The first-order valence-corrected chi connectivity index (χ1v) is 8.88. The minimum Gasteiger partial charge on any atom is -0.495 e. The summed E-state index contributed by atoms with van der Waals surface area (Å²) in [6, 6.07) is 6.69. The molecule has 0 aliphatic heterocycles. The van der Waals surface area contributed by atoms with E-state index in [-0.39, 0.29) is 16.5 Å². The third-order valence-electron chi connectivity index (χ3n) is 4.30. The van der Waals surface area contributed by atoms with E-state index in [1.807, 2.05) is 6.92 Å². The monoisotopic (exact) mass is 402 g/mol. The number of aromatic carboxylic acids is 1. The fourth-order valence-corrected chi connectivity index (χ4v) is 3.07. The molecule has 28 heavy (non-hydrogen) atoms. The Morgan fingerprint density at radius 1 is 1.29 bits per heavy atom. The lowest BCUT2D eigenvalue weighted by Gasteiger charge is -2.11. The van der Waals surface area contributed by atoms with Gasteiger partial charge in [-0.25, -0.2) is 9.78 Å². The van der Waals surface area contributed by atoms with Crippen LogP contribution < -0.4 is 10.1 Å². The summed E-state index contributed by atoms with van der Waals surface area (Å²) in [5.41, 5.74) is 3.25. The molecule has 1 aromatic carbocycles. The van der Waals surface area contributed by atoms with E-state index in [4.69, 9.17) is 16.3 Å².